The zero-order chi connectivity index (χ0) is 11.5. The van der Waals surface area contributed by atoms with Crippen LogP contribution in [0.4, 0.5) is 4.79 Å². The van der Waals surface area contributed by atoms with Crippen molar-refractivity contribution in [1.29, 1.82) is 0 Å². The summed E-state index contributed by atoms with van der Waals surface area (Å²) >= 11 is 0. The molecule has 1 amide bonds. The Kier molecular flexibility index (Phi) is 3.97. The summed E-state index contributed by atoms with van der Waals surface area (Å²) in [6, 6.07) is 0. The molecule has 1 aliphatic rings. The zero-order valence-corrected chi connectivity index (χ0v) is 9.75. The predicted octanol–water partition coefficient (Wildman–Crippen LogP) is 1.67. The monoisotopic (exact) mass is 215 g/mol. The molecule has 2 atom stereocenters. The van der Waals surface area contributed by atoms with Gasteiger partial charge in [-0.2, -0.15) is 0 Å². The Morgan fingerprint density at radius 2 is 2.13 bits per heavy atom. The molecule has 1 saturated carbocycles. The van der Waals surface area contributed by atoms with Crippen LogP contribution in [0, 0.1) is 5.92 Å². The molecule has 0 radical (unpaired) electrons. The highest BCUT2D eigenvalue weighted by Crippen LogP contribution is 2.24. The van der Waals surface area contributed by atoms with Crippen LogP contribution in [0.5, 0.6) is 0 Å². The lowest BCUT2D eigenvalue weighted by molar-refractivity contribution is 0.0500. The van der Waals surface area contributed by atoms with Gasteiger partial charge in [0.1, 0.15) is 5.60 Å². The van der Waals surface area contributed by atoms with E-state index in [1.165, 1.54) is 0 Å². The first-order valence-corrected chi connectivity index (χ1v) is 5.53. The van der Waals surface area contributed by atoms with Gasteiger partial charge in [-0.25, -0.2) is 4.79 Å². The molecule has 88 valence electrons. The number of ether oxygens (including phenoxy) is 1. The maximum absolute atomic E-state index is 11.3. The van der Waals surface area contributed by atoms with Crippen molar-refractivity contribution in [2.45, 2.75) is 51.7 Å². The van der Waals surface area contributed by atoms with Crippen molar-refractivity contribution in [2.75, 3.05) is 6.54 Å². The van der Waals surface area contributed by atoms with Crippen LogP contribution < -0.4 is 5.32 Å². The van der Waals surface area contributed by atoms with Gasteiger partial charge in [-0.05, 0) is 33.6 Å². The first-order valence-electron chi connectivity index (χ1n) is 5.53. The average molecular weight is 215 g/mol. The molecule has 4 heteroatoms. The van der Waals surface area contributed by atoms with Crippen LogP contribution in [-0.4, -0.2) is 29.4 Å². The van der Waals surface area contributed by atoms with Crippen LogP contribution in [0.15, 0.2) is 0 Å². The third kappa shape index (κ3) is 4.51. The van der Waals surface area contributed by atoms with Crippen LogP contribution in [0.3, 0.4) is 0 Å². The Morgan fingerprint density at radius 3 is 2.60 bits per heavy atom. The van der Waals surface area contributed by atoms with Crippen molar-refractivity contribution in [3.63, 3.8) is 0 Å². The summed E-state index contributed by atoms with van der Waals surface area (Å²) in [6.45, 7) is 6.00. The molecule has 1 rings (SSSR count). The molecule has 0 aromatic heterocycles. The highest BCUT2D eigenvalue weighted by atomic mass is 16.6. The highest BCUT2D eigenvalue weighted by molar-refractivity contribution is 5.67. The van der Waals surface area contributed by atoms with Gasteiger partial charge in [0.2, 0.25) is 0 Å². The van der Waals surface area contributed by atoms with E-state index in [0.717, 1.165) is 19.3 Å². The van der Waals surface area contributed by atoms with Crippen LogP contribution in [0.1, 0.15) is 40.0 Å². The van der Waals surface area contributed by atoms with Gasteiger partial charge >= 0.3 is 6.09 Å². The van der Waals surface area contributed by atoms with Gasteiger partial charge in [-0.1, -0.05) is 6.42 Å². The van der Waals surface area contributed by atoms with Gasteiger partial charge in [0.15, 0.2) is 0 Å². The first-order chi connectivity index (χ1) is 6.88. The van der Waals surface area contributed by atoms with Crippen molar-refractivity contribution < 1.29 is 14.6 Å². The largest absolute Gasteiger partial charge is 0.444 e. The number of carbonyl (C=O) groups is 1. The van der Waals surface area contributed by atoms with E-state index < -0.39 is 11.7 Å². The molecule has 2 N–H and O–H groups in total. The molecular formula is C11H21NO3. The molecule has 0 heterocycles. The van der Waals surface area contributed by atoms with E-state index in [2.05, 4.69) is 5.32 Å². The van der Waals surface area contributed by atoms with Crippen LogP contribution in [-0.2, 0) is 4.74 Å². The Bertz CT molecular complexity index is 222. The minimum absolute atomic E-state index is 0.192. The summed E-state index contributed by atoms with van der Waals surface area (Å²) < 4.78 is 5.10. The minimum atomic E-state index is -0.460. The molecule has 15 heavy (non-hydrogen) atoms. The third-order valence-corrected chi connectivity index (χ3v) is 2.53. The Labute approximate surface area is 91.0 Å². The Hall–Kier alpha value is -0.770. The van der Waals surface area contributed by atoms with Gasteiger partial charge in [-0.3, -0.25) is 0 Å². The molecule has 0 saturated heterocycles. The predicted molar refractivity (Wildman–Crippen MR) is 57.6 cm³/mol. The van der Waals surface area contributed by atoms with Crippen molar-refractivity contribution >= 4 is 6.09 Å². The number of alkyl carbamates (subject to hydrolysis) is 1. The average Bonchev–Trinajstić information content (AvgIpc) is 2.44. The van der Waals surface area contributed by atoms with E-state index in [4.69, 9.17) is 4.74 Å². The molecule has 0 unspecified atom stereocenters. The Balaban J connectivity index is 2.22. The molecular weight excluding hydrogens is 194 g/mol. The van der Waals surface area contributed by atoms with Crippen LogP contribution in [0.2, 0.25) is 0 Å². The molecule has 1 aliphatic carbocycles. The van der Waals surface area contributed by atoms with E-state index in [1.54, 1.807) is 0 Å². The summed E-state index contributed by atoms with van der Waals surface area (Å²) in [4.78, 5) is 11.3. The van der Waals surface area contributed by atoms with E-state index in [9.17, 15) is 9.90 Å². The van der Waals surface area contributed by atoms with E-state index in [0.29, 0.717) is 6.54 Å². The number of hydrogen-bond acceptors (Lipinski definition) is 3. The SMILES string of the molecule is CC(C)(C)OC(=O)NC[C@H]1CCC[C@H]1O. The number of aliphatic hydroxyl groups excluding tert-OH is 1. The lowest BCUT2D eigenvalue weighted by Gasteiger charge is -2.21. The van der Waals surface area contributed by atoms with Gasteiger partial charge in [0.05, 0.1) is 6.10 Å². The second kappa shape index (κ2) is 4.84. The quantitative estimate of drug-likeness (QED) is 0.736. The zero-order valence-electron chi connectivity index (χ0n) is 9.75. The molecule has 4 nitrogen and oxygen atoms in total. The fourth-order valence-electron chi connectivity index (χ4n) is 1.78. The molecule has 0 aromatic rings. The maximum Gasteiger partial charge on any atom is 0.407 e. The molecule has 0 aromatic carbocycles. The van der Waals surface area contributed by atoms with Crippen molar-refractivity contribution in [3.05, 3.63) is 0 Å². The van der Waals surface area contributed by atoms with Crippen LogP contribution in [0.25, 0.3) is 0 Å². The number of rotatable bonds is 2. The summed E-state index contributed by atoms with van der Waals surface area (Å²) in [5, 5.41) is 12.2. The summed E-state index contributed by atoms with van der Waals surface area (Å²) in [5.41, 5.74) is -0.460. The summed E-state index contributed by atoms with van der Waals surface area (Å²) in [6.07, 6.45) is 2.21. The molecule has 0 spiro atoms. The highest BCUT2D eigenvalue weighted by Gasteiger charge is 2.26. The number of nitrogens with one attached hydrogen (secondary N) is 1. The Morgan fingerprint density at radius 1 is 1.47 bits per heavy atom. The lowest BCUT2D eigenvalue weighted by atomic mass is 10.1. The van der Waals surface area contributed by atoms with Crippen molar-refractivity contribution in [2.24, 2.45) is 5.92 Å². The molecule has 1 fully saturated rings. The topological polar surface area (TPSA) is 58.6 Å². The van der Waals surface area contributed by atoms with Gasteiger partial charge in [-0.15, -0.1) is 0 Å². The summed E-state index contributed by atoms with van der Waals surface area (Å²) in [7, 11) is 0. The molecule has 0 aliphatic heterocycles. The van der Waals surface area contributed by atoms with Gasteiger partial charge in [0, 0.05) is 12.5 Å². The summed E-state index contributed by atoms with van der Waals surface area (Å²) in [5.74, 6) is 0.192. The van der Waals surface area contributed by atoms with Gasteiger partial charge in [0.25, 0.3) is 0 Å². The molecule has 0 bridgehead atoms. The van der Waals surface area contributed by atoms with Crippen molar-refractivity contribution in [3.8, 4) is 0 Å². The second-order valence-corrected chi connectivity index (χ2v) is 5.14. The fourth-order valence-corrected chi connectivity index (χ4v) is 1.78. The van der Waals surface area contributed by atoms with Crippen LogP contribution >= 0.6 is 0 Å². The van der Waals surface area contributed by atoms with E-state index in [1.807, 2.05) is 20.8 Å². The standard InChI is InChI=1S/C11H21NO3/c1-11(2,3)15-10(14)12-7-8-5-4-6-9(8)13/h8-9,13H,4-7H2,1-3H3,(H,12,14)/t8-,9-/m1/s1. The number of aliphatic hydroxyl groups is 1. The lowest BCUT2D eigenvalue weighted by Crippen LogP contribution is -2.36. The van der Waals surface area contributed by atoms with Gasteiger partial charge < -0.3 is 15.2 Å². The van der Waals surface area contributed by atoms with E-state index >= 15 is 0 Å². The number of hydrogen-bond donors (Lipinski definition) is 2. The first kappa shape index (κ1) is 12.3. The normalized spacial score (nSPS) is 26.4. The minimum Gasteiger partial charge on any atom is -0.444 e. The maximum atomic E-state index is 11.3. The van der Waals surface area contributed by atoms with E-state index in [-0.39, 0.29) is 12.0 Å². The number of carbonyl (C=O) groups excluding carboxylic acids is 1. The second-order valence-electron chi connectivity index (χ2n) is 5.14. The van der Waals surface area contributed by atoms with Crippen molar-refractivity contribution in [1.82, 2.24) is 5.32 Å². The smallest absolute Gasteiger partial charge is 0.407 e. The third-order valence-electron chi connectivity index (χ3n) is 2.53. The number of amides is 1. The fraction of sp³-hybridized carbons (Fsp3) is 0.909.